The molecule has 5 aromatic rings. The van der Waals surface area contributed by atoms with E-state index in [0.29, 0.717) is 39.4 Å². The first kappa shape index (κ1) is 25.0. The Kier molecular flexibility index (Phi) is 6.35. The average molecular weight is 522 g/mol. The highest BCUT2D eigenvalue weighted by atomic mass is 19.4. The highest BCUT2D eigenvalue weighted by Crippen LogP contribution is 2.31. The molecule has 5 rings (SSSR count). The van der Waals surface area contributed by atoms with Crippen LogP contribution in [-0.4, -0.2) is 30.6 Å². The number of nitrogens with zero attached hydrogens (tertiary/aromatic N) is 5. The van der Waals surface area contributed by atoms with Gasteiger partial charge >= 0.3 is 11.9 Å². The first-order valence-corrected chi connectivity index (χ1v) is 11.5. The summed E-state index contributed by atoms with van der Waals surface area (Å²) >= 11 is 0. The molecule has 192 valence electrons. The molecule has 1 N–H and O–H groups in total. The molecule has 0 saturated heterocycles. The van der Waals surface area contributed by atoms with Gasteiger partial charge in [0.1, 0.15) is 11.5 Å². The van der Waals surface area contributed by atoms with Crippen LogP contribution in [0.4, 0.5) is 17.6 Å². The molecule has 0 aliphatic heterocycles. The molecule has 0 amide bonds. The number of carbonyl (C=O) groups is 1. The second-order valence-electron chi connectivity index (χ2n) is 8.80. The summed E-state index contributed by atoms with van der Waals surface area (Å²) in [5, 5.41) is 18.3. The van der Waals surface area contributed by atoms with Crippen LogP contribution in [0.3, 0.4) is 0 Å². The average Bonchev–Trinajstić information content (AvgIpc) is 3.32. The van der Waals surface area contributed by atoms with Crippen molar-refractivity contribution in [3.05, 3.63) is 102 Å². The fourth-order valence-electron chi connectivity index (χ4n) is 4.19. The summed E-state index contributed by atoms with van der Waals surface area (Å²) in [4.78, 5) is 17.7. The SMILES string of the molecule is C[C@@H](CC(=O)c1cc(-c2ccc(F)cc2)c2nnc(-c3ccccn3)n2c1)c1ccc(C(F)(F)F)[n+](O)c1. The Hall–Kier alpha value is -4.67. The number of benzene rings is 1. The number of hydrogen-bond acceptors (Lipinski definition) is 5. The molecule has 1 aromatic carbocycles. The lowest BCUT2D eigenvalue weighted by molar-refractivity contribution is -0.915. The second-order valence-corrected chi connectivity index (χ2v) is 8.80. The molecule has 0 unspecified atom stereocenters. The Labute approximate surface area is 213 Å². The molecule has 0 spiro atoms. The minimum Gasteiger partial charge on any atom is -0.294 e. The number of carbonyl (C=O) groups excluding carboxylic acids is 1. The third kappa shape index (κ3) is 4.82. The van der Waals surface area contributed by atoms with E-state index < -0.39 is 23.6 Å². The fourth-order valence-corrected chi connectivity index (χ4v) is 4.19. The van der Waals surface area contributed by atoms with Crippen molar-refractivity contribution in [2.45, 2.75) is 25.4 Å². The topological polar surface area (TPSA) is 84.3 Å². The number of rotatable bonds is 6. The molecule has 1 atom stereocenters. The third-order valence-corrected chi connectivity index (χ3v) is 6.18. The van der Waals surface area contributed by atoms with E-state index in [4.69, 9.17) is 0 Å². The van der Waals surface area contributed by atoms with Crippen molar-refractivity contribution in [2.24, 2.45) is 0 Å². The lowest BCUT2D eigenvalue weighted by atomic mass is 9.93. The van der Waals surface area contributed by atoms with E-state index in [0.717, 1.165) is 12.3 Å². The van der Waals surface area contributed by atoms with Crippen molar-refractivity contribution < 1.29 is 32.3 Å². The second kappa shape index (κ2) is 9.66. The number of fused-ring (bicyclic) bond motifs is 1. The monoisotopic (exact) mass is 522 g/mol. The molecule has 4 heterocycles. The summed E-state index contributed by atoms with van der Waals surface area (Å²) in [7, 11) is 0. The van der Waals surface area contributed by atoms with Gasteiger partial charge in [-0.2, -0.15) is 13.2 Å². The van der Waals surface area contributed by atoms with E-state index in [1.54, 1.807) is 60.1 Å². The summed E-state index contributed by atoms with van der Waals surface area (Å²) in [5.41, 5.74) is 1.55. The van der Waals surface area contributed by atoms with Gasteiger partial charge in [-0.1, -0.05) is 25.1 Å². The molecule has 11 heteroatoms. The van der Waals surface area contributed by atoms with Crippen molar-refractivity contribution in [3.8, 4) is 22.6 Å². The van der Waals surface area contributed by atoms with Crippen LogP contribution in [-0.2, 0) is 6.18 Å². The molecule has 0 radical (unpaired) electrons. The summed E-state index contributed by atoms with van der Waals surface area (Å²) < 4.78 is 54.2. The normalized spacial score (nSPS) is 12.6. The molecule has 0 aliphatic carbocycles. The zero-order chi connectivity index (χ0) is 27.0. The van der Waals surface area contributed by atoms with Gasteiger partial charge in [-0.05, 0) is 47.9 Å². The van der Waals surface area contributed by atoms with Crippen molar-refractivity contribution in [3.63, 3.8) is 0 Å². The zero-order valence-corrected chi connectivity index (χ0v) is 19.9. The van der Waals surface area contributed by atoms with Crippen LogP contribution in [0, 0.1) is 5.82 Å². The van der Waals surface area contributed by atoms with Gasteiger partial charge in [0.2, 0.25) is 6.20 Å². The molecular weight excluding hydrogens is 502 g/mol. The Bertz CT molecular complexity index is 1630. The van der Waals surface area contributed by atoms with E-state index in [1.165, 1.54) is 18.2 Å². The minimum absolute atomic E-state index is 0.0191. The van der Waals surface area contributed by atoms with E-state index in [2.05, 4.69) is 15.2 Å². The Morgan fingerprint density at radius 3 is 2.50 bits per heavy atom. The Morgan fingerprint density at radius 1 is 1.08 bits per heavy atom. The van der Waals surface area contributed by atoms with Crippen LogP contribution in [0.15, 0.2) is 79.3 Å². The van der Waals surface area contributed by atoms with Crippen molar-refractivity contribution in [1.29, 1.82) is 0 Å². The molecule has 38 heavy (non-hydrogen) atoms. The van der Waals surface area contributed by atoms with Gasteiger partial charge in [0, 0.05) is 46.3 Å². The summed E-state index contributed by atoms with van der Waals surface area (Å²) in [5.74, 6) is -0.827. The number of ketones is 1. The summed E-state index contributed by atoms with van der Waals surface area (Å²) in [6, 6.07) is 14.7. The van der Waals surface area contributed by atoms with Gasteiger partial charge in [-0.3, -0.25) is 19.4 Å². The van der Waals surface area contributed by atoms with Crippen LogP contribution in [0.2, 0.25) is 0 Å². The van der Waals surface area contributed by atoms with E-state index in [-0.39, 0.29) is 16.9 Å². The van der Waals surface area contributed by atoms with Gasteiger partial charge in [-0.15, -0.1) is 10.2 Å². The van der Waals surface area contributed by atoms with Gasteiger partial charge in [0.25, 0.3) is 0 Å². The lowest BCUT2D eigenvalue weighted by Gasteiger charge is -2.12. The van der Waals surface area contributed by atoms with Crippen LogP contribution >= 0.6 is 0 Å². The van der Waals surface area contributed by atoms with Gasteiger partial charge in [-0.25, -0.2) is 4.39 Å². The molecule has 4 aromatic heterocycles. The van der Waals surface area contributed by atoms with E-state index in [9.17, 15) is 27.6 Å². The first-order chi connectivity index (χ1) is 18.1. The predicted molar refractivity (Wildman–Crippen MR) is 128 cm³/mol. The van der Waals surface area contributed by atoms with Crippen LogP contribution in [0.1, 0.15) is 40.9 Å². The van der Waals surface area contributed by atoms with Gasteiger partial charge in [0.15, 0.2) is 17.3 Å². The predicted octanol–water partition coefficient (Wildman–Crippen LogP) is 5.52. The maximum Gasteiger partial charge on any atom is 0.482 e. The molecule has 0 fully saturated rings. The molecule has 0 saturated carbocycles. The molecular formula is C27H20F4N5O2+. The van der Waals surface area contributed by atoms with E-state index >= 15 is 0 Å². The maximum absolute atomic E-state index is 13.6. The Balaban J connectivity index is 1.54. The number of pyridine rings is 3. The van der Waals surface area contributed by atoms with Crippen LogP contribution < -0.4 is 4.73 Å². The fraction of sp³-hybridized carbons (Fsp3) is 0.148. The van der Waals surface area contributed by atoms with E-state index in [1.807, 2.05) is 0 Å². The quantitative estimate of drug-likeness (QED) is 0.137. The zero-order valence-electron chi connectivity index (χ0n) is 19.9. The minimum atomic E-state index is -4.72. The smallest absolute Gasteiger partial charge is 0.294 e. The number of Topliss-reactive ketones (excluding diaryl/α,β-unsaturated/α-hetero) is 1. The summed E-state index contributed by atoms with van der Waals surface area (Å²) in [6.45, 7) is 1.68. The number of aromatic nitrogens is 5. The first-order valence-electron chi connectivity index (χ1n) is 11.5. The third-order valence-electron chi connectivity index (χ3n) is 6.18. The number of hydrogen-bond donors (Lipinski definition) is 1. The largest absolute Gasteiger partial charge is 0.482 e. The van der Waals surface area contributed by atoms with Gasteiger partial charge < -0.3 is 0 Å². The lowest BCUT2D eigenvalue weighted by Crippen LogP contribution is -2.39. The Morgan fingerprint density at radius 2 is 1.84 bits per heavy atom. The van der Waals surface area contributed by atoms with Crippen LogP contribution in [0.25, 0.3) is 28.3 Å². The standard InChI is InChI=1S/C27H20F4N5O2/c1-16(18-7-10-24(27(29,30)31)36(38)15-18)12-23(37)19-13-21(17-5-8-20(28)9-6-17)25-33-34-26(35(25)14-19)22-4-2-3-11-32-22/h2-11,13-16,38H,12H2,1H3/q+1/t16-/m0/s1. The van der Waals surface area contributed by atoms with Crippen molar-refractivity contribution in [2.75, 3.05) is 0 Å². The molecule has 0 bridgehead atoms. The molecule has 7 nitrogen and oxygen atoms in total. The highest BCUT2D eigenvalue weighted by molar-refractivity contribution is 5.98. The van der Waals surface area contributed by atoms with Crippen LogP contribution in [0.5, 0.6) is 0 Å². The van der Waals surface area contributed by atoms with Gasteiger partial charge in [0.05, 0.1) is 0 Å². The number of alkyl halides is 3. The number of halogens is 4. The summed E-state index contributed by atoms with van der Waals surface area (Å²) in [6.07, 6.45) is -0.637. The highest BCUT2D eigenvalue weighted by Gasteiger charge is 2.42. The van der Waals surface area contributed by atoms with Crippen molar-refractivity contribution in [1.82, 2.24) is 19.6 Å². The molecule has 0 aliphatic rings. The maximum atomic E-state index is 13.6. The van der Waals surface area contributed by atoms with Crippen molar-refractivity contribution >= 4 is 11.4 Å².